The van der Waals surface area contributed by atoms with Gasteiger partial charge in [-0.25, -0.2) is 19.6 Å². The number of imidazole rings is 2. The lowest BCUT2D eigenvalue weighted by atomic mass is 9.75. The number of benzene rings is 3. The van der Waals surface area contributed by atoms with Gasteiger partial charge < -0.3 is 54.1 Å². The number of carbonyl (C=O) groups excluding carboxylic acids is 4. The zero-order valence-electron chi connectivity index (χ0n) is 39.1. The fraction of sp³-hybridized carbons (Fsp3) is 0.490. The predicted octanol–water partition coefficient (Wildman–Crippen LogP) is 7.68. The maximum absolute atomic E-state index is 14.1. The van der Waals surface area contributed by atoms with Crippen LogP contribution in [0.1, 0.15) is 100 Å². The predicted molar refractivity (Wildman–Crippen MR) is 251 cm³/mol. The number of hydrogen-bond donors (Lipinski definition) is 4. The summed E-state index contributed by atoms with van der Waals surface area (Å²) >= 11 is 0. The minimum atomic E-state index is -0.703. The lowest BCUT2D eigenvalue weighted by Gasteiger charge is -2.35. The molecule has 358 valence electrons. The van der Waals surface area contributed by atoms with Gasteiger partial charge in [0, 0.05) is 61.6 Å². The lowest BCUT2D eigenvalue weighted by molar-refractivity contribution is -0.137. The van der Waals surface area contributed by atoms with Gasteiger partial charge in [-0.2, -0.15) is 0 Å². The molecule has 4 atom stereocenters. The number of amides is 4. The summed E-state index contributed by atoms with van der Waals surface area (Å²) < 4.78 is 27.6. The third-order valence-corrected chi connectivity index (χ3v) is 14.9. The third-order valence-electron chi connectivity index (χ3n) is 14.9. The van der Waals surface area contributed by atoms with Crippen molar-refractivity contribution in [3.05, 3.63) is 83.6 Å². The van der Waals surface area contributed by atoms with Crippen LogP contribution in [0.4, 0.5) is 9.59 Å². The molecule has 5 aliphatic heterocycles. The summed E-state index contributed by atoms with van der Waals surface area (Å²) in [6, 6.07) is 16.8. The van der Waals surface area contributed by atoms with Gasteiger partial charge in [0.05, 0.1) is 49.2 Å². The van der Waals surface area contributed by atoms with Crippen LogP contribution in [0.2, 0.25) is 0 Å². The zero-order chi connectivity index (χ0) is 47.1. The summed E-state index contributed by atoms with van der Waals surface area (Å²) in [4.78, 5) is 73.6. The number of fused-ring (bicyclic) bond motifs is 3. The van der Waals surface area contributed by atoms with Crippen LogP contribution in [0.25, 0.3) is 33.4 Å². The molecule has 17 nitrogen and oxygen atoms in total. The molecule has 0 aliphatic carbocycles. The number of H-pyrrole nitrogens is 2. The van der Waals surface area contributed by atoms with Gasteiger partial charge >= 0.3 is 12.2 Å². The molecule has 3 aromatic carbocycles. The molecule has 10 rings (SSSR count). The molecule has 17 heteroatoms. The molecule has 68 heavy (non-hydrogen) atoms. The molecule has 4 fully saturated rings. The van der Waals surface area contributed by atoms with E-state index in [2.05, 4.69) is 70.8 Å². The zero-order valence-corrected chi connectivity index (χ0v) is 39.1. The van der Waals surface area contributed by atoms with Gasteiger partial charge in [0.15, 0.2) is 0 Å². The molecule has 0 radical (unpaired) electrons. The average Bonchev–Trinajstić information content (AvgIpc) is 4.22. The van der Waals surface area contributed by atoms with Crippen LogP contribution >= 0.6 is 0 Å². The Morgan fingerprint density at radius 1 is 0.676 bits per heavy atom. The Bertz CT molecular complexity index is 2700. The van der Waals surface area contributed by atoms with Gasteiger partial charge in [0.2, 0.25) is 11.8 Å². The maximum atomic E-state index is 14.1. The number of hydrogen-bond acceptors (Lipinski definition) is 11. The monoisotopic (exact) mass is 928 g/mol. The standard InChI is InChI=1S/C51H60N8O9/c1-51(2)34-12-9-32(31-10-13-36-37(26-31)54-46(53-36)40-8-6-20-59(40)48(61)44(57-50(63)65-4)30-17-23-67-24-18-30)27-42(34)68-41-14-11-33(25-35(41)51)38-28-52-45(55-38)39-7-5-19-58(39)47(60)43(56-49(62)64-3)29-15-21-66-22-16-29/h9-14,25-30,39-40,43-44H,5-8,15-24H2,1-4H3,(H,52,55)(H,53,54)(H,56,62)(H,57,63)/t39-,40-,43-,44-/m0/s1. The van der Waals surface area contributed by atoms with Crippen molar-refractivity contribution in [2.24, 2.45) is 11.8 Å². The van der Waals surface area contributed by atoms with E-state index >= 15 is 0 Å². The molecule has 5 aromatic rings. The second-order valence-electron chi connectivity index (χ2n) is 19.2. The summed E-state index contributed by atoms with van der Waals surface area (Å²) in [5, 5.41) is 5.66. The van der Waals surface area contributed by atoms with Crippen molar-refractivity contribution in [1.29, 1.82) is 0 Å². The Hall–Kier alpha value is -6.46. The number of likely N-dealkylation sites (tertiary alicyclic amines) is 2. The Morgan fingerprint density at radius 2 is 1.25 bits per heavy atom. The van der Waals surface area contributed by atoms with Crippen LogP contribution in [-0.2, 0) is 34.0 Å². The van der Waals surface area contributed by atoms with Crippen LogP contribution in [0.3, 0.4) is 0 Å². The quantitative estimate of drug-likeness (QED) is 0.107. The first-order chi connectivity index (χ1) is 33.0. The number of nitrogens with one attached hydrogen (secondary N) is 4. The Morgan fingerprint density at radius 3 is 1.87 bits per heavy atom. The highest BCUT2D eigenvalue weighted by Crippen LogP contribution is 2.50. The number of ether oxygens (including phenoxy) is 5. The van der Waals surface area contributed by atoms with E-state index in [0.29, 0.717) is 71.0 Å². The summed E-state index contributed by atoms with van der Waals surface area (Å²) in [6.45, 7) is 7.78. The molecule has 0 spiro atoms. The van der Waals surface area contributed by atoms with E-state index in [-0.39, 0.29) is 35.7 Å². The summed E-state index contributed by atoms with van der Waals surface area (Å²) in [5.74, 6) is 2.67. The first-order valence-electron chi connectivity index (χ1n) is 24.0. The Labute approximate surface area is 395 Å². The Kier molecular flexibility index (Phi) is 12.6. The molecular formula is C51H60N8O9. The second-order valence-corrected chi connectivity index (χ2v) is 19.2. The first kappa shape index (κ1) is 45.3. The van der Waals surface area contributed by atoms with Crippen LogP contribution in [0, 0.1) is 11.8 Å². The van der Waals surface area contributed by atoms with E-state index in [9.17, 15) is 19.2 Å². The van der Waals surface area contributed by atoms with Crippen molar-refractivity contribution in [1.82, 2.24) is 40.4 Å². The molecule has 0 bridgehead atoms. The minimum absolute atomic E-state index is 0.0423. The number of aromatic nitrogens is 4. The first-order valence-corrected chi connectivity index (χ1v) is 24.0. The van der Waals surface area contributed by atoms with Crippen molar-refractivity contribution in [3.8, 4) is 33.9 Å². The fourth-order valence-electron chi connectivity index (χ4n) is 11.1. The topological polar surface area (TPSA) is 202 Å². The number of carbonyl (C=O) groups is 4. The van der Waals surface area contributed by atoms with Gasteiger partial charge in [0.1, 0.15) is 35.2 Å². The van der Waals surface area contributed by atoms with Gasteiger partial charge in [-0.15, -0.1) is 0 Å². The van der Waals surface area contributed by atoms with Crippen LogP contribution < -0.4 is 15.4 Å². The molecule has 2 aromatic heterocycles. The van der Waals surface area contributed by atoms with Gasteiger partial charge in [-0.1, -0.05) is 32.0 Å². The highest BCUT2D eigenvalue weighted by atomic mass is 16.5. The van der Waals surface area contributed by atoms with Crippen LogP contribution in [0.5, 0.6) is 11.5 Å². The van der Waals surface area contributed by atoms with E-state index in [1.165, 1.54) is 14.2 Å². The van der Waals surface area contributed by atoms with Gasteiger partial charge in [-0.3, -0.25) is 9.59 Å². The summed E-state index contributed by atoms with van der Waals surface area (Å²) in [5.41, 5.74) is 7.17. The molecule has 4 N–H and O–H groups in total. The number of aromatic amines is 2. The van der Waals surface area contributed by atoms with Crippen molar-refractivity contribution in [2.75, 3.05) is 53.7 Å². The number of alkyl carbamates (subject to hydrolysis) is 2. The molecule has 4 amide bonds. The SMILES string of the molecule is COC(=O)N[C@H](C(=O)N1CCC[C@H]1c1ncc(-c2ccc3c(c2)C(C)(C)c2ccc(-c4ccc5nc([C@@H]6CCCN6C(=O)[C@@H](NC(=O)OC)C6CCOCC6)[nH]c5c4)cc2O3)[nH]1)C1CCOCC1. The van der Waals surface area contributed by atoms with Gasteiger partial charge in [0.25, 0.3) is 0 Å². The Balaban J connectivity index is 0.851. The number of methoxy groups -OCH3 is 2. The van der Waals surface area contributed by atoms with Crippen LogP contribution in [-0.4, -0.2) is 120 Å². The van der Waals surface area contributed by atoms with Gasteiger partial charge in [-0.05, 0) is 111 Å². The van der Waals surface area contributed by atoms with E-state index in [1.807, 2.05) is 34.2 Å². The van der Waals surface area contributed by atoms with Crippen molar-refractivity contribution < 1.29 is 42.9 Å². The maximum Gasteiger partial charge on any atom is 0.407 e. The molecule has 0 unspecified atom stereocenters. The third kappa shape index (κ3) is 8.66. The molecule has 0 saturated carbocycles. The average molecular weight is 929 g/mol. The van der Waals surface area contributed by atoms with E-state index in [1.54, 1.807) is 0 Å². The molecule has 5 aliphatic rings. The van der Waals surface area contributed by atoms with Crippen molar-refractivity contribution >= 4 is 35.0 Å². The van der Waals surface area contributed by atoms with Crippen molar-refractivity contribution in [2.45, 2.75) is 94.8 Å². The smallest absolute Gasteiger partial charge is 0.407 e. The highest BCUT2D eigenvalue weighted by Gasteiger charge is 2.42. The van der Waals surface area contributed by atoms with Crippen molar-refractivity contribution in [3.63, 3.8) is 0 Å². The van der Waals surface area contributed by atoms with E-state index < -0.39 is 29.7 Å². The summed E-state index contributed by atoms with van der Waals surface area (Å²) in [7, 11) is 2.62. The molecule has 4 saturated heterocycles. The largest absolute Gasteiger partial charge is 0.457 e. The molecule has 7 heterocycles. The lowest BCUT2D eigenvalue weighted by Crippen LogP contribution is -2.53. The highest BCUT2D eigenvalue weighted by molar-refractivity contribution is 5.88. The second kappa shape index (κ2) is 18.9. The molecular weight excluding hydrogens is 869 g/mol. The summed E-state index contributed by atoms with van der Waals surface area (Å²) in [6.07, 6.45) is 6.51. The fourth-order valence-corrected chi connectivity index (χ4v) is 11.1. The van der Waals surface area contributed by atoms with Crippen LogP contribution in [0.15, 0.2) is 60.8 Å². The van der Waals surface area contributed by atoms with E-state index in [4.69, 9.17) is 33.7 Å². The number of nitrogens with zero attached hydrogens (tertiary/aromatic N) is 4. The minimum Gasteiger partial charge on any atom is -0.457 e. The van der Waals surface area contributed by atoms with E-state index in [0.717, 1.165) is 87.6 Å². The number of rotatable bonds is 10. The normalized spacial score (nSPS) is 21.4.